The van der Waals surface area contributed by atoms with Gasteiger partial charge in [0.2, 0.25) is 0 Å². The molecule has 1 aromatic rings. The highest BCUT2D eigenvalue weighted by atomic mass is 79.9. The first-order chi connectivity index (χ1) is 8.29. The summed E-state index contributed by atoms with van der Waals surface area (Å²) in [6, 6.07) is 2.43. The molecule has 1 aromatic heterocycles. The third kappa shape index (κ3) is 4.03. The Morgan fingerprint density at radius 2 is 2.53 bits per heavy atom. The summed E-state index contributed by atoms with van der Waals surface area (Å²) >= 11 is 5.34. The van der Waals surface area contributed by atoms with Gasteiger partial charge in [-0.25, -0.2) is 0 Å². The van der Waals surface area contributed by atoms with Crippen LogP contribution in [0.3, 0.4) is 0 Å². The van der Waals surface area contributed by atoms with E-state index in [1.807, 2.05) is 0 Å². The molecule has 2 unspecified atom stereocenters. The monoisotopic (exact) mass is 318 g/mol. The molecule has 1 fully saturated rings. The molecule has 5 heteroatoms. The molecule has 96 valence electrons. The van der Waals surface area contributed by atoms with E-state index in [9.17, 15) is 0 Å². The minimum Gasteiger partial charge on any atom is -0.378 e. The van der Waals surface area contributed by atoms with Crippen molar-refractivity contribution in [2.75, 3.05) is 6.61 Å². The van der Waals surface area contributed by atoms with Gasteiger partial charge in [-0.3, -0.25) is 11.3 Å². The van der Waals surface area contributed by atoms with E-state index in [-0.39, 0.29) is 0 Å². The van der Waals surface area contributed by atoms with E-state index >= 15 is 0 Å². The molecular formula is C12H19BrN2OS. The van der Waals surface area contributed by atoms with Crippen LogP contribution in [0.25, 0.3) is 0 Å². The van der Waals surface area contributed by atoms with Crippen LogP contribution in [0, 0.1) is 0 Å². The highest BCUT2D eigenvalue weighted by Gasteiger charge is 2.18. The lowest BCUT2D eigenvalue weighted by molar-refractivity contribution is 0.0996. The zero-order valence-corrected chi connectivity index (χ0v) is 12.2. The third-order valence-electron chi connectivity index (χ3n) is 3.22. The van der Waals surface area contributed by atoms with Crippen molar-refractivity contribution in [2.24, 2.45) is 5.84 Å². The van der Waals surface area contributed by atoms with Crippen LogP contribution in [-0.2, 0) is 11.2 Å². The Morgan fingerprint density at radius 1 is 1.65 bits per heavy atom. The Labute approximate surface area is 115 Å². The summed E-state index contributed by atoms with van der Waals surface area (Å²) in [4.78, 5) is 1.36. The van der Waals surface area contributed by atoms with Gasteiger partial charge in [0.15, 0.2) is 0 Å². The van der Waals surface area contributed by atoms with E-state index in [1.54, 1.807) is 11.3 Å². The zero-order valence-electron chi connectivity index (χ0n) is 9.82. The number of ether oxygens (including phenoxy) is 1. The molecule has 2 atom stereocenters. The van der Waals surface area contributed by atoms with Gasteiger partial charge >= 0.3 is 0 Å². The molecule has 0 saturated carbocycles. The van der Waals surface area contributed by atoms with E-state index in [1.165, 1.54) is 22.2 Å². The van der Waals surface area contributed by atoms with Gasteiger partial charge in [-0.15, -0.1) is 11.3 Å². The van der Waals surface area contributed by atoms with E-state index < -0.39 is 0 Å². The predicted octanol–water partition coefficient (Wildman–Crippen LogP) is 2.84. The molecule has 3 N–H and O–H groups in total. The standard InChI is InChI=1S/C12H19BrN2OS/c13-11-5-7-17-12(11)8-9(15-14)3-4-10-2-1-6-16-10/h5,7,9-10,15H,1-4,6,8,14H2. The molecule has 17 heavy (non-hydrogen) atoms. The molecule has 0 amide bonds. The molecule has 0 aliphatic carbocycles. The van der Waals surface area contributed by atoms with Gasteiger partial charge in [-0.05, 0) is 59.5 Å². The first kappa shape index (κ1) is 13.5. The third-order valence-corrected chi connectivity index (χ3v) is 5.17. The van der Waals surface area contributed by atoms with Crippen LogP contribution in [-0.4, -0.2) is 18.8 Å². The second kappa shape index (κ2) is 6.85. The summed E-state index contributed by atoms with van der Waals surface area (Å²) in [6.45, 7) is 0.932. The molecule has 1 aliphatic rings. The number of rotatable bonds is 6. The average molecular weight is 319 g/mol. The molecule has 1 aliphatic heterocycles. The van der Waals surface area contributed by atoms with Crippen molar-refractivity contribution in [1.29, 1.82) is 0 Å². The molecule has 1 saturated heterocycles. The van der Waals surface area contributed by atoms with Crippen LogP contribution in [0.1, 0.15) is 30.6 Å². The Kier molecular flexibility index (Phi) is 5.44. The normalized spacial score (nSPS) is 21.9. The van der Waals surface area contributed by atoms with Crippen LogP contribution in [0.15, 0.2) is 15.9 Å². The maximum absolute atomic E-state index is 5.63. The van der Waals surface area contributed by atoms with Gasteiger partial charge in [0, 0.05) is 22.0 Å². The van der Waals surface area contributed by atoms with Crippen molar-refractivity contribution in [2.45, 2.75) is 44.2 Å². The summed E-state index contributed by atoms with van der Waals surface area (Å²) < 4.78 is 6.83. The van der Waals surface area contributed by atoms with E-state index in [4.69, 9.17) is 10.6 Å². The Hall–Kier alpha value is 0.0600. The lowest BCUT2D eigenvalue weighted by Gasteiger charge is -2.17. The lowest BCUT2D eigenvalue weighted by Crippen LogP contribution is -2.37. The van der Waals surface area contributed by atoms with Crippen LogP contribution < -0.4 is 11.3 Å². The molecular weight excluding hydrogens is 300 g/mol. The van der Waals surface area contributed by atoms with Gasteiger partial charge in [0.1, 0.15) is 0 Å². The topological polar surface area (TPSA) is 47.3 Å². The Balaban J connectivity index is 1.78. The minimum absolute atomic E-state index is 0.342. The van der Waals surface area contributed by atoms with Crippen molar-refractivity contribution < 1.29 is 4.74 Å². The largest absolute Gasteiger partial charge is 0.378 e. The minimum atomic E-state index is 0.342. The van der Waals surface area contributed by atoms with Crippen LogP contribution in [0.2, 0.25) is 0 Å². The maximum atomic E-state index is 5.63. The number of hydrazine groups is 1. The van der Waals surface area contributed by atoms with Crippen molar-refractivity contribution in [3.8, 4) is 0 Å². The van der Waals surface area contributed by atoms with Crippen LogP contribution >= 0.6 is 27.3 Å². The number of hydrogen-bond donors (Lipinski definition) is 2. The molecule has 0 radical (unpaired) electrons. The van der Waals surface area contributed by atoms with Gasteiger partial charge in [0.05, 0.1) is 6.10 Å². The van der Waals surface area contributed by atoms with Crippen molar-refractivity contribution in [3.63, 3.8) is 0 Å². The zero-order chi connectivity index (χ0) is 12.1. The fourth-order valence-corrected chi connectivity index (χ4v) is 3.79. The van der Waals surface area contributed by atoms with Crippen molar-refractivity contribution in [3.05, 3.63) is 20.8 Å². The lowest BCUT2D eigenvalue weighted by atomic mass is 10.0. The maximum Gasteiger partial charge on any atom is 0.0576 e. The summed E-state index contributed by atoms with van der Waals surface area (Å²) in [5.74, 6) is 5.62. The van der Waals surface area contributed by atoms with E-state index in [0.29, 0.717) is 12.1 Å². The van der Waals surface area contributed by atoms with Crippen LogP contribution in [0.4, 0.5) is 0 Å². The van der Waals surface area contributed by atoms with Gasteiger partial charge in [-0.2, -0.15) is 0 Å². The predicted molar refractivity (Wildman–Crippen MR) is 75.0 cm³/mol. The molecule has 2 heterocycles. The number of hydrogen-bond acceptors (Lipinski definition) is 4. The molecule has 0 bridgehead atoms. The number of nitrogens with one attached hydrogen (secondary N) is 1. The summed E-state index contributed by atoms with van der Waals surface area (Å²) in [5.41, 5.74) is 2.92. The molecule has 2 rings (SSSR count). The summed E-state index contributed by atoms with van der Waals surface area (Å²) in [6.07, 6.45) is 6.05. The number of nitrogens with two attached hydrogens (primary N) is 1. The first-order valence-corrected chi connectivity index (χ1v) is 7.76. The second-order valence-electron chi connectivity index (χ2n) is 4.47. The second-order valence-corrected chi connectivity index (χ2v) is 6.33. The fourth-order valence-electron chi connectivity index (χ4n) is 2.20. The summed E-state index contributed by atoms with van der Waals surface area (Å²) in [7, 11) is 0. The van der Waals surface area contributed by atoms with E-state index in [0.717, 1.165) is 25.9 Å². The molecule has 3 nitrogen and oxygen atoms in total. The number of halogens is 1. The number of thiophene rings is 1. The average Bonchev–Trinajstić information content (AvgIpc) is 2.96. The SMILES string of the molecule is NNC(CCC1CCCO1)Cc1sccc1Br. The van der Waals surface area contributed by atoms with Gasteiger partial charge in [0.25, 0.3) is 0 Å². The van der Waals surface area contributed by atoms with Gasteiger partial charge in [-0.1, -0.05) is 0 Å². The Morgan fingerprint density at radius 3 is 3.12 bits per heavy atom. The first-order valence-electron chi connectivity index (χ1n) is 6.09. The smallest absolute Gasteiger partial charge is 0.0576 e. The van der Waals surface area contributed by atoms with Crippen molar-refractivity contribution in [1.82, 2.24) is 5.43 Å². The quantitative estimate of drug-likeness (QED) is 0.626. The summed E-state index contributed by atoms with van der Waals surface area (Å²) in [5, 5.41) is 2.10. The van der Waals surface area contributed by atoms with Gasteiger partial charge < -0.3 is 4.74 Å². The Bertz CT molecular complexity index is 339. The highest BCUT2D eigenvalue weighted by molar-refractivity contribution is 9.10. The molecule has 0 spiro atoms. The molecule has 0 aromatic carbocycles. The fraction of sp³-hybridized carbons (Fsp3) is 0.667. The van der Waals surface area contributed by atoms with Crippen LogP contribution in [0.5, 0.6) is 0 Å². The van der Waals surface area contributed by atoms with E-state index in [2.05, 4.69) is 32.8 Å². The highest BCUT2D eigenvalue weighted by Crippen LogP contribution is 2.25. The van der Waals surface area contributed by atoms with Crippen molar-refractivity contribution >= 4 is 27.3 Å².